The molecule has 2 fully saturated rings. The molecule has 0 spiro atoms. The zero-order valence-electron chi connectivity index (χ0n) is 21.8. The smallest absolute Gasteiger partial charge is 0.246 e. The number of carbonyl (C=O) groups is 3. The first-order valence-corrected chi connectivity index (χ1v) is 13.7. The van der Waals surface area contributed by atoms with Crippen molar-refractivity contribution in [3.05, 3.63) is 35.4 Å². The van der Waals surface area contributed by atoms with Crippen LogP contribution in [-0.4, -0.2) is 78.3 Å². The van der Waals surface area contributed by atoms with Crippen molar-refractivity contribution in [2.75, 3.05) is 26.1 Å². The fourth-order valence-corrected chi connectivity index (χ4v) is 7.17. The predicted octanol–water partition coefficient (Wildman–Crippen LogP) is 2.36. The topological polar surface area (TPSA) is 99.8 Å². The summed E-state index contributed by atoms with van der Waals surface area (Å²) in [6, 6.07) is 5.59. The Kier molecular flexibility index (Phi) is 9.88. The Morgan fingerprint density at radius 1 is 1.27 bits per heavy atom. The molecule has 3 aliphatic rings. The maximum atomic E-state index is 13.9. The second kappa shape index (κ2) is 12.3. The number of nitrogens with zero attached hydrogens (tertiary/aromatic N) is 1. The van der Waals surface area contributed by atoms with Gasteiger partial charge in [0.05, 0.1) is 30.2 Å². The summed E-state index contributed by atoms with van der Waals surface area (Å²) in [6.45, 7) is 5.13. The van der Waals surface area contributed by atoms with Crippen LogP contribution >= 0.6 is 24.2 Å². The lowest BCUT2D eigenvalue weighted by atomic mass is 9.83. The molecule has 8 nitrogen and oxygen atoms in total. The van der Waals surface area contributed by atoms with Gasteiger partial charge in [0.15, 0.2) is 0 Å². The largest absolute Gasteiger partial charge is 0.373 e. The Hall–Kier alpha value is -1.88. The summed E-state index contributed by atoms with van der Waals surface area (Å²) < 4.78 is 18.7. The molecule has 1 aromatic carbocycles. The van der Waals surface area contributed by atoms with Gasteiger partial charge in [0, 0.05) is 6.42 Å². The van der Waals surface area contributed by atoms with E-state index in [0.717, 1.165) is 11.1 Å². The fraction of sp³-hybridized carbons (Fsp3) is 0.654. The standard InChI is InChI=1S/C26H37FN4O4S.ClH/c1-15(28-4)23(32)29-18-9-12-36-20-14-26(2,3)22(31(20)25(18)34)24(33)30-21-17-8-6-5-7-16(17)13-19(21)35-11-10-27;/h5-8,15,18-22,28H,9-14H2,1-4H3,(H,29,32)(H,30,33);1H/t15?,18-,19+,20-,21-,22+;/m0./s1. The second-order valence-electron chi connectivity index (χ2n) is 10.5. The Morgan fingerprint density at radius 2 is 2.00 bits per heavy atom. The second-order valence-corrected chi connectivity index (χ2v) is 11.8. The molecule has 4 rings (SSSR count). The molecule has 6 atom stereocenters. The molecule has 2 saturated heterocycles. The third-order valence-electron chi connectivity index (χ3n) is 7.58. The van der Waals surface area contributed by atoms with Gasteiger partial charge in [-0.25, -0.2) is 4.39 Å². The highest BCUT2D eigenvalue weighted by atomic mass is 35.5. The zero-order chi connectivity index (χ0) is 26.0. The molecule has 0 aromatic heterocycles. The van der Waals surface area contributed by atoms with E-state index in [0.29, 0.717) is 25.0 Å². The van der Waals surface area contributed by atoms with Crippen molar-refractivity contribution in [2.24, 2.45) is 5.41 Å². The number of amides is 3. The van der Waals surface area contributed by atoms with E-state index >= 15 is 0 Å². The predicted molar refractivity (Wildman–Crippen MR) is 144 cm³/mol. The molecule has 0 saturated carbocycles. The summed E-state index contributed by atoms with van der Waals surface area (Å²) in [5.74, 6) is 0.00640. The highest BCUT2D eigenvalue weighted by Crippen LogP contribution is 2.46. The number of alkyl halides is 1. The third kappa shape index (κ3) is 6.08. The number of ether oxygens (including phenoxy) is 1. The van der Waals surface area contributed by atoms with E-state index in [9.17, 15) is 18.8 Å². The monoisotopic (exact) mass is 556 g/mol. The molecule has 1 aromatic rings. The Bertz CT molecular complexity index is 999. The van der Waals surface area contributed by atoms with Crippen molar-refractivity contribution < 1.29 is 23.5 Å². The van der Waals surface area contributed by atoms with E-state index in [-0.39, 0.29) is 48.2 Å². The van der Waals surface area contributed by atoms with E-state index in [1.807, 2.05) is 38.1 Å². The van der Waals surface area contributed by atoms with Gasteiger partial charge in [-0.15, -0.1) is 24.2 Å². The molecule has 11 heteroatoms. The first kappa shape index (κ1) is 29.7. The number of rotatable bonds is 8. The van der Waals surface area contributed by atoms with Crippen LogP contribution in [0.25, 0.3) is 0 Å². The molecule has 1 aliphatic carbocycles. The van der Waals surface area contributed by atoms with Gasteiger partial charge in [-0.05, 0) is 49.1 Å². The molecule has 37 heavy (non-hydrogen) atoms. The summed E-state index contributed by atoms with van der Waals surface area (Å²) >= 11 is 1.66. The average molecular weight is 557 g/mol. The SMILES string of the molecule is CNC(C)C(=O)N[C@H]1CCS[C@H]2CC(C)(C)[C@@H](C(=O)N[C@H]3c4ccccc4C[C@H]3OCCF)N2C1=O.Cl. The van der Waals surface area contributed by atoms with Gasteiger partial charge < -0.3 is 25.6 Å². The van der Waals surface area contributed by atoms with Crippen molar-refractivity contribution >= 4 is 41.9 Å². The molecule has 206 valence electrons. The zero-order valence-corrected chi connectivity index (χ0v) is 23.4. The number of hydrogen-bond donors (Lipinski definition) is 3. The van der Waals surface area contributed by atoms with Gasteiger partial charge in [0.1, 0.15) is 18.8 Å². The number of benzene rings is 1. The van der Waals surface area contributed by atoms with Crippen molar-refractivity contribution in [3.8, 4) is 0 Å². The minimum absolute atomic E-state index is 0. The molecule has 2 heterocycles. The first-order valence-electron chi connectivity index (χ1n) is 12.6. The Labute approximate surface area is 228 Å². The van der Waals surface area contributed by atoms with E-state index in [1.54, 1.807) is 30.6 Å². The van der Waals surface area contributed by atoms with Crippen LogP contribution in [0.5, 0.6) is 0 Å². The van der Waals surface area contributed by atoms with Gasteiger partial charge in [0.25, 0.3) is 0 Å². The van der Waals surface area contributed by atoms with E-state index in [1.165, 1.54) is 0 Å². The lowest BCUT2D eigenvalue weighted by Crippen LogP contribution is -2.58. The molecule has 0 bridgehead atoms. The van der Waals surface area contributed by atoms with Crippen LogP contribution in [0.1, 0.15) is 50.8 Å². The van der Waals surface area contributed by atoms with Gasteiger partial charge in [0.2, 0.25) is 17.7 Å². The number of fused-ring (bicyclic) bond motifs is 2. The van der Waals surface area contributed by atoms with Crippen LogP contribution in [0.3, 0.4) is 0 Å². The summed E-state index contributed by atoms with van der Waals surface area (Å²) in [5, 5.41) is 8.80. The number of halogens is 2. The van der Waals surface area contributed by atoms with Crippen LogP contribution in [-0.2, 0) is 25.5 Å². The molecule has 3 amide bonds. The third-order valence-corrected chi connectivity index (χ3v) is 8.83. The summed E-state index contributed by atoms with van der Waals surface area (Å²) in [7, 11) is 1.69. The van der Waals surface area contributed by atoms with Crippen LogP contribution in [0.2, 0.25) is 0 Å². The molecular weight excluding hydrogens is 519 g/mol. The maximum absolute atomic E-state index is 13.9. The van der Waals surface area contributed by atoms with E-state index in [4.69, 9.17) is 4.74 Å². The Morgan fingerprint density at radius 3 is 2.70 bits per heavy atom. The minimum Gasteiger partial charge on any atom is -0.373 e. The van der Waals surface area contributed by atoms with E-state index in [2.05, 4.69) is 16.0 Å². The summed E-state index contributed by atoms with van der Waals surface area (Å²) in [4.78, 5) is 41.9. The molecule has 0 radical (unpaired) electrons. The van der Waals surface area contributed by atoms with Crippen molar-refractivity contribution in [1.29, 1.82) is 0 Å². The number of hydrogen-bond acceptors (Lipinski definition) is 6. The van der Waals surface area contributed by atoms with Crippen LogP contribution in [0.4, 0.5) is 4.39 Å². The normalized spacial score (nSPS) is 28.9. The summed E-state index contributed by atoms with van der Waals surface area (Å²) in [6.07, 6.45) is 1.42. The lowest BCUT2D eigenvalue weighted by molar-refractivity contribution is -0.144. The first-order chi connectivity index (χ1) is 17.2. The fourth-order valence-electron chi connectivity index (χ4n) is 5.59. The number of carbonyl (C=O) groups excluding carboxylic acids is 3. The molecular formula is C26H38ClFN4O4S. The minimum atomic E-state index is -0.698. The van der Waals surface area contributed by atoms with Crippen LogP contribution < -0.4 is 16.0 Å². The highest BCUT2D eigenvalue weighted by molar-refractivity contribution is 7.99. The number of nitrogens with one attached hydrogen (secondary N) is 3. The lowest BCUT2D eigenvalue weighted by Gasteiger charge is -2.35. The number of likely N-dealkylation sites (N-methyl/N-ethyl adjacent to an activating group) is 1. The van der Waals surface area contributed by atoms with E-state index < -0.39 is 36.3 Å². The molecule has 3 N–H and O–H groups in total. The van der Waals surface area contributed by atoms with Gasteiger partial charge in [-0.2, -0.15) is 0 Å². The van der Waals surface area contributed by atoms with Gasteiger partial charge in [-0.3, -0.25) is 14.4 Å². The quantitative estimate of drug-likeness (QED) is 0.455. The molecule has 1 unspecified atom stereocenters. The number of thioether (sulfide) groups is 1. The van der Waals surface area contributed by atoms with Crippen molar-refractivity contribution in [1.82, 2.24) is 20.9 Å². The van der Waals surface area contributed by atoms with Crippen molar-refractivity contribution in [3.63, 3.8) is 0 Å². The van der Waals surface area contributed by atoms with Crippen LogP contribution in [0.15, 0.2) is 24.3 Å². The summed E-state index contributed by atoms with van der Waals surface area (Å²) in [5.41, 5.74) is 1.57. The van der Waals surface area contributed by atoms with Gasteiger partial charge >= 0.3 is 0 Å². The Balaban J connectivity index is 0.00000380. The highest BCUT2D eigenvalue weighted by Gasteiger charge is 2.55. The molecule has 2 aliphatic heterocycles. The average Bonchev–Trinajstić information content (AvgIpc) is 3.28. The van der Waals surface area contributed by atoms with Crippen LogP contribution in [0, 0.1) is 5.41 Å². The van der Waals surface area contributed by atoms with Crippen molar-refractivity contribution in [2.45, 2.75) is 75.7 Å². The van der Waals surface area contributed by atoms with Gasteiger partial charge in [-0.1, -0.05) is 38.1 Å². The maximum Gasteiger partial charge on any atom is 0.246 e.